The summed E-state index contributed by atoms with van der Waals surface area (Å²) < 4.78 is 15.4. The number of rotatable bonds is 6. The second-order valence-corrected chi connectivity index (χ2v) is 4.57. The van der Waals surface area contributed by atoms with Crippen LogP contribution in [-0.2, 0) is 11.3 Å². The first kappa shape index (κ1) is 16.3. The predicted molar refractivity (Wildman–Crippen MR) is 81.8 cm³/mol. The van der Waals surface area contributed by atoms with E-state index in [9.17, 15) is 14.9 Å². The molecule has 0 atom stereocenters. The van der Waals surface area contributed by atoms with Crippen molar-refractivity contribution < 1.29 is 23.9 Å². The molecule has 0 saturated carbocycles. The second-order valence-electron chi connectivity index (χ2n) is 4.57. The van der Waals surface area contributed by atoms with Crippen molar-refractivity contribution in [1.82, 2.24) is 0 Å². The number of nitro benzene ring substituents is 1. The zero-order chi connectivity index (χ0) is 16.8. The Balaban J connectivity index is 2.08. The van der Waals surface area contributed by atoms with Gasteiger partial charge >= 0.3 is 5.97 Å². The summed E-state index contributed by atoms with van der Waals surface area (Å²) in [6, 6.07) is 10.6. The molecule has 0 aliphatic rings. The smallest absolute Gasteiger partial charge is 0.338 e. The first-order chi connectivity index (χ1) is 11.0. The summed E-state index contributed by atoms with van der Waals surface area (Å²) in [5.41, 5.74) is 0.783. The summed E-state index contributed by atoms with van der Waals surface area (Å²) in [4.78, 5) is 22.3. The molecule has 0 spiro atoms. The highest BCUT2D eigenvalue weighted by Gasteiger charge is 2.13. The van der Waals surface area contributed by atoms with Gasteiger partial charge in [-0.25, -0.2) is 4.79 Å². The van der Waals surface area contributed by atoms with E-state index in [1.54, 1.807) is 18.2 Å². The first-order valence-electron chi connectivity index (χ1n) is 6.67. The standard InChI is InChI=1S/C16H15NO6/c1-21-14-7-6-12(9-15(14)22-2)16(18)23-10-11-4-3-5-13(8-11)17(19)20/h3-9H,10H2,1-2H3. The van der Waals surface area contributed by atoms with E-state index in [1.165, 1.54) is 38.5 Å². The van der Waals surface area contributed by atoms with Crippen molar-refractivity contribution in [1.29, 1.82) is 0 Å². The lowest BCUT2D eigenvalue weighted by Gasteiger charge is -2.09. The van der Waals surface area contributed by atoms with E-state index in [2.05, 4.69) is 0 Å². The summed E-state index contributed by atoms with van der Waals surface area (Å²) in [6.07, 6.45) is 0. The Kier molecular flexibility index (Phi) is 5.14. The van der Waals surface area contributed by atoms with Crippen LogP contribution in [0.2, 0.25) is 0 Å². The van der Waals surface area contributed by atoms with Gasteiger partial charge in [-0.05, 0) is 23.8 Å². The molecule has 2 aromatic rings. The second kappa shape index (κ2) is 7.26. The maximum absolute atomic E-state index is 12.1. The van der Waals surface area contributed by atoms with Crippen molar-refractivity contribution in [3.8, 4) is 11.5 Å². The number of nitrogens with zero attached hydrogens (tertiary/aromatic N) is 1. The minimum atomic E-state index is -0.558. The SMILES string of the molecule is COc1ccc(C(=O)OCc2cccc([N+](=O)[O-])c2)cc1OC. The van der Waals surface area contributed by atoms with E-state index >= 15 is 0 Å². The molecule has 7 heteroatoms. The predicted octanol–water partition coefficient (Wildman–Crippen LogP) is 2.97. The van der Waals surface area contributed by atoms with Crippen LogP contribution in [0.5, 0.6) is 11.5 Å². The maximum Gasteiger partial charge on any atom is 0.338 e. The van der Waals surface area contributed by atoms with E-state index < -0.39 is 10.9 Å². The summed E-state index contributed by atoms with van der Waals surface area (Å²) >= 11 is 0. The van der Waals surface area contributed by atoms with Crippen LogP contribution >= 0.6 is 0 Å². The molecule has 0 unspecified atom stereocenters. The maximum atomic E-state index is 12.1. The van der Waals surface area contributed by atoms with Crippen molar-refractivity contribution in [2.45, 2.75) is 6.61 Å². The number of benzene rings is 2. The molecule has 0 saturated heterocycles. The molecule has 2 aromatic carbocycles. The van der Waals surface area contributed by atoms with E-state index in [-0.39, 0.29) is 12.3 Å². The molecule has 0 radical (unpaired) electrons. The minimum Gasteiger partial charge on any atom is -0.493 e. The van der Waals surface area contributed by atoms with Crippen molar-refractivity contribution >= 4 is 11.7 Å². The van der Waals surface area contributed by atoms with E-state index in [0.29, 0.717) is 22.6 Å². The average Bonchev–Trinajstić information content (AvgIpc) is 2.59. The molecule has 0 aliphatic heterocycles. The Morgan fingerprint density at radius 1 is 1.09 bits per heavy atom. The van der Waals surface area contributed by atoms with Gasteiger partial charge in [-0.1, -0.05) is 12.1 Å². The molecule has 23 heavy (non-hydrogen) atoms. The van der Waals surface area contributed by atoms with Crippen LogP contribution in [0, 0.1) is 10.1 Å². The molecular formula is C16H15NO6. The molecule has 2 rings (SSSR count). The van der Waals surface area contributed by atoms with Crippen molar-refractivity contribution in [3.63, 3.8) is 0 Å². The van der Waals surface area contributed by atoms with Gasteiger partial charge in [0.05, 0.1) is 24.7 Å². The third-order valence-electron chi connectivity index (χ3n) is 3.11. The highest BCUT2D eigenvalue weighted by atomic mass is 16.6. The van der Waals surface area contributed by atoms with E-state index in [4.69, 9.17) is 14.2 Å². The van der Waals surface area contributed by atoms with Crippen LogP contribution in [0.4, 0.5) is 5.69 Å². The highest BCUT2D eigenvalue weighted by molar-refractivity contribution is 5.90. The van der Waals surface area contributed by atoms with Gasteiger partial charge in [-0.15, -0.1) is 0 Å². The monoisotopic (exact) mass is 317 g/mol. The quantitative estimate of drug-likeness (QED) is 0.462. The molecular weight excluding hydrogens is 302 g/mol. The number of hydrogen-bond donors (Lipinski definition) is 0. The lowest BCUT2D eigenvalue weighted by Crippen LogP contribution is -2.06. The first-order valence-corrected chi connectivity index (χ1v) is 6.67. The van der Waals surface area contributed by atoms with Gasteiger partial charge in [0, 0.05) is 12.1 Å². The number of carbonyl (C=O) groups excluding carboxylic acids is 1. The van der Waals surface area contributed by atoms with Crippen LogP contribution in [-0.4, -0.2) is 25.1 Å². The molecule has 0 N–H and O–H groups in total. The zero-order valence-corrected chi connectivity index (χ0v) is 12.6. The number of carbonyl (C=O) groups is 1. The zero-order valence-electron chi connectivity index (χ0n) is 12.6. The lowest BCUT2D eigenvalue weighted by atomic mass is 10.2. The van der Waals surface area contributed by atoms with Crippen LogP contribution in [0.25, 0.3) is 0 Å². The Bertz CT molecular complexity index is 728. The topological polar surface area (TPSA) is 87.9 Å². The van der Waals surface area contributed by atoms with Crippen molar-refractivity contribution in [2.75, 3.05) is 14.2 Å². The number of ether oxygens (including phenoxy) is 3. The number of methoxy groups -OCH3 is 2. The number of non-ortho nitro benzene ring substituents is 1. The number of hydrogen-bond acceptors (Lipinski definition) is 6. The summed E-state index contributed by atoms with van der Waals surface area (Å²) in [7, 11) is 2.97. The number of esters is 1. The Morgan fingerprint density at radius 3 is 2.48 bits per heavy atom. The van der Waals surface area contributed by atoms with Gasteiger partial charge in [0.25, 0.3) is 5.69 Å². The molecule has 120 valence electrons. The summed E-state index contributed by atoms with van der Waals surface area (Å²) in [6.45, 7) is -0.0607. The molecule has 0 aromatic heterocycles. The molecule has 0 aliphatic carbocycles. The Hall–Kier alpha value is -3.09. The summed E-state index contributed by atoms with van der Waals surface area (Å²) in [5.74, 6) is 0.359. The number of nitro groups is 1. The lowest BCUT2D eigenvalue weighted by molar-refractivity contribution is -0.384. The Labute approximate surface area is 132 Å². The Morgan fingerprint density at radius 2 is 1.83 bits per heavy atom. The molecule has 0 fully saturated rings. The largest absolute Gasteiger partial charge is 0.493 e. The van der Waals surface area contributed by atoms with Crippen LogP contribution in [0.3, 0.4) is 0 Å². The van der Waals surface area contributed by atoms with Crippen LogP contribution in [0.15, 0.2) is 42.5 Å². The fourth-order valence-corrected chi connectivity index (χ4v) is 1.96. The molecule has 0 amide bonds. The normalized spacial score (nSPS) is 10.0. The highest BCUT2D eigenvalue weighted by Crippen LogP contribution is 2.28. The van der Waals surface area contributed by atoms with Crippen molar-refractivity contribution in [2.24, 2.45) is 0 Å². The molecule has 0 bridgehead atoms. The van der Waals surface area contributed by atoms with Gasteiger partial charge < -0.3 is 14.2 Å². The van der Waals surface area contributed by atoms with Crippen molar-refractivity contribution in [3.05, 3.63) is 63.7 Å². The summed E-state index contributed by atoms with van der Waals surface area (Å²) in [5, 5.41) is 10.7. The van der Waals surface area contributed by atoms with Gasteiger partial charge in [0.1, 0.15) is 6.61 Å². The average molecular weight is 317 g/mol. The third kappa shape index (κ3) is 3.97. The van der Waals surface area contributed by atoms with Crippen LogP contribution in [0.1, 0.15) is 15.9 Å². The van der Waals surface area contributed by atoms with Crippen LogP contribution < -0.4 is 9.47 Å². The van der Waals surface area contributed by atoms with E-state index in [1.807, 2.05) is 0 Å². The fourth-order valence-electron chi connectivity index (χ4n) is 1.96. The van der Waals surface area contributed by atoms with Gasteiger partial charge in [0.15, 0.2) is 11.5 Å². The van der Waals surface area contributed by atoms with Gasteiger partial charge in [-0.2, -0.15) is 0 Å². The van der Waals surface area contributed by atoms with Gasteiger partial charge in [0.2, 0.25) is 0 Å². The van der Waals surface area contributed by atoms with E-state index in [0.717, 1.165) is 0 Å². The molecule has 7 nitrogen and oxygen atoms in total. The molecule has 0 heterocycles. The third-order valence-corrected chi connectivity index (χ3v) is 3.11. The fraction of sp³-hybridized carbons (Fsp3) is 0.188. The van der Waals surface area contributed by atoms with Gasteiger partial charge in [-0.3, -0.25) is 10.1 Å². The minimum absolute atomic E-state index is 0.0512.